The molecule has 0 bridgehead atoms. The summed E-state index contributed by atoms with van der Waals surface area (Å²) in [5.74, 6) is 1.30. The van der Waals surface area contributed by atoms with Crippen LogP contribution in [0.25, 0.3) is 22.2 Å². The maximum atomic E-state index is 13.5. The van der Waals surface area contributed by atoms with Crippen molar-refractivity contribution in [2.75, 3.05) is 19.6 Å². The van der Waals surface area contributed by atoms with Gasteiger partial charge >= 0.3 is 0 Å². The Kier molecular flexibility index (Phi) is 8.18. The smallest absolute Gasteiger partial charge is 0.251 e. The van der Waals surface area contributed by atoms with Crippen LogP contribution in [0, 0.1) is 5.92 Å². The van der Waals surface area contributed by atoms with Crippen LogP contribution in [0.15, 0.2) is 59.3 Å². The number of hydrogen-bond acceptors (Lipinski definition) is 6. The molecule has 2 aromatic heterocycles. The van der Waals surface area contributed by atoms with Crippen LogP contribution in [0.5, 0.6) is 5.75 Å². The maximum absolute atomic E-state index is 13.5. The van der Waals surface area contributed by atoms with Gasteiger partial charge in [0.2, 0.25) is 0 Å². The first-order valence-corrected chi connectivity index (χ1v) is 15.5. The van der Waals surface area contributed by atoms with Gasteiger partial charge in [-0.2, -0.15) is 16.4 Å². The van der Waals surface area contributed by atoms with E-state index in [0.717, 1.165) is 73.2 Å². The van der Waals surface area contributed by atoms with E-state index in [1.165, 1.54) is 18.4 Å². The second-order valence-corrected chi connectivity index (χ2v) is 12.2. The number of benzene rings is 2. The van der Waals surface area contributed by atoms with Gasteiger partial charge in [0, 0.05) is 36.1 Å². The molecule has 1 aliphatic carbocycles. The number of aliphatic hydroxyl groups excluding tert-OH is 1. The standard InChI is InChI=1S/C32H38N4O3S/c1-21(37)19-36-15-12-27(13-16-36)39-26-9-6-23(7-10-26)31-28-18-24(8-11-29(28)34-35-31)32(38)33-30(22-4-2-3-5-22)25-14-17-40-20-25/h6-11,14,17-18,20-22,27,30,37H,2-5,12-13,15-16,19H2,1H3,(H,33,38)(H,34,35)/t21?,30-/m1/s1. The highest BCUT2D eigenvalue weighted by Crippen LogP contribution is 2.37. The van der Waals surface area contributed by atoms with Gasteiger partial charge in [-0.15, -0.1) is 0 Å². The number of piperidine rings is 1. The van der Waals surface area contributed by atoms with E-state index in [9.17, 15) is 9.90 Å². The molecule has 1 unspecified atom stereocenters. The molecule has 0 radical (unpaired) electrons. The topological polar surface area (TPSA) is 90.5 Å². The number of aliphatic hydroxyl groups is 1. The molecule has 7 nitrogen and oxygen atoms in total. The number of nitrogens with one attached hydrogen (secondary N) is 2. The number of likely N-dealkylation sites (tertiary alicyclic amines) is 1. The fraction of sp³-hybridized carbons (Fsp3) is 0.438. The summed E-state index contributed by atoms with van der Waals surface area (Å²) in [6.07, 6.45) is 6.59. The van der Waals surface area contributed by atoms with Crippen LogP contribution in [0.4, 0.5) is 0 Å². The second-order valence-electron chi connectivity index (χ2n) is 11.4. The molecule has 2 aliphatic rings. The molecular weight excluding hydrogens is 520 g/mol. The van der Waals surface area contributed by atoms with Crippen molar-refractivity contribution in [2.45, 2.75) is 63.7 Å². The van der Waals surface area contributed by atoms with Crippen molar-refractivity contribution in [3.8, 4) is 17.0 Å². The first-order chi connectivity index (χ1) is 19.5. The summed E-state index contributed by atoms with van der Waals surface area (Å²) < 4.78 is 6.26. The van der Waals surface area contributed by atoms with Gasteiger partial charge in [0.25, 0.3) is 5.91 Å². The Balaban J connectivity index is 1.15. The van der Waals surface area contributed by atoms with Gasteiger partial charge in [-0.1, -0.05) is 12.8 Å². The van der Waals surface area contributed by atoms with E-state index in [1.54, 1.807) is 11.3 Å². The summed E-state index contributed by atoms with van der Waals surface area (Å²) in [6.45, 7) is 4.44. The lowest BCUT2D eigenvalue weighted by Crippen LogP contribution is -2.41. The van der Waals surface area contributed by atoms with Gasteiger partial charge in [-0.25, -0.2) is 0 Å². The number of carbonyl (C=O) groups excluding carboxylic acids is 1. The van der Waals surface area contributed by atoms with E-state index in [0.29, 0.717) is 11.5 Å². The van der Waals surface area contributed by atoms with Crippen LogP contribution in [-0.4, -0.2) is 58.0 Å². The van der Waals surface area contributed by atoms with Crippen molar-refractivity contribution >= 4 is 28.1 Å². The lowest BCUT2D eigenvalue weighted by Gasteiger charge is -2.32. The molecule has 4 aromatic rings. The number of carbonyl (C=O) groups is 1. The van der Waals surface area contributed by atoms with Gasteiger partial charge in [-0.3, -0.25) is 9.89 Å². The molecule has 40 heavy (non-hydrogen) atoms. The quantitative estimate of drug-likeness (QED) is 0.228. The zero-order chi connectivity index (χ0) is 27.5. The molecule has 6 rings (SSSR count). The lowest BCUT2D eigenvalue weighted by atomic mass is 9.93. The molecule has 1 amide bonds. The van der Waals surface area contributed by atoms with Gasteiger partial charge in [-0.05, 0) is 103 Å². The minimum Gasteiger partial charge on any atom is -0.490 e. The molecule has 1 saturated carbocycles. The van der Waals surface area contributed by atoms with E-state index >= 15 is 0 Å². The van der Waals surface area contributed by atoms with Crippen molar-refractivity contribution in [3.63, 3.8) is 0 Å². The number of aromatic amines is 1. The Bertz CT molecular complexity index is 1400. The number of nitrogens with zero attached hydrogens (tertiary/aromatic N) is 2. The van der Waals surface area contributed by atoms with E-state index in [-0.39, 0.29) is 24.2 Å². The van der Waals surface area contributed by atoms with Crippen molar-refractivity contribution in [1.82, 2.24) is 20.4 Å². The number of thiophene rings is 1. The monoisotopic (exact) mass is 558 g/mol. The highest BCUT2D eigenvalue weighted by molar-refractivity contribution is 7.08. The molecule has 3 heterocycles. The Morgan fingerprint density at radius 2 is 1.90 bits per heavy atom. The summed E-state index contributed by atoms with van der Waals surface area (Å²) >= 11 is 1.68. The number of β-amino-alcohol motifs (C(OH)–C–C–N with tert-alkyl or cyclic N) is 1. The van der Waals surface area contributed by atoms with Crippen molar-refractivity contribution in [2.24, 2.45) is 5.92 Å². The molecule has 3 N–H and O–H groups in total. The number of rotatable bonds is 9. The third-order valence-electron chi connectivity index (χ3n) is 8.37. The molecule has 2 aromatic carbocycles. The Morgan fingerprint density at radius 3 is 2.60 bits per heavy atom. The van der Waals surface area contributed by atoms with Gasteiger partial charge < -0.3 is 20.1 Å². The summed E-state index contributed by atoms with van der Waals surface area (Å²) in [7, 11) is 0. The lowest BCUT2D eigenvalue weighted by molar-refractivity contribution is 0.0673. The average Bonchev–Trinajstić information content (AvgIpc) is 3.75. The van der Waals surface area contributed by atoms with Crippen LogP contribution in [-0.2, 0) is 0 Å². The van der Waals surface area contributed by atoms with E-state index in [2.05, 4.69) is 37.2 Å². The molecule has 2 atom stereocenters. The van der Waals surface area contributed by atoms with Crippen molar-refractivity contribution in [1.29, 1.82) is 0 Å². The summed E-state index contributed by atoms with van der Waals surface area (Å²) in [6, 6.07) is 16.0. The number of aromatic nitrogens is 2. The number of fused-ring (bicyclic) bond motifs is 1. The predicted molar refractivity (Wildman–Crippen MR) is 160 cm³/mol. The molecule has 1 saturated heterocycles. The average molecular weight is 559 g/mol. The largest absolute Gasteiger partial charge is 0.490 e. The fourth-order valence-corrected chi connectivity index (χ4v) is 6.98. The number of amides is 1. The minimum atomic E-state index is -0.298. The van der Waals surface area contributed by atoms with Crippen LogP contribution >= 0.6 is 11.3 Å². The summed E-state index contributed by atoms with van der Waals surface area (Å²) in [5.41, 5.74) is 4.57. The summed E-state index contributed by atoms with van der Waals surface area (Å²) in [4.78, 5) is 15.8. The second kappa shape index (κ2) is 12.1. The molecule has 1 aliphatic heterocycles. The van der Waals surface area contributed by atoms with Crippen LogP contribution in [0.1, 0.15) is 67.4 Å². The third-order valence-corrected chi connectivity index (χ3v) is 9.07. The molecule has 210 valence electrons. The Morgan fingerprint density at radius 1 is 1.12 bits per heavy atom. The van der Waals surface area contributed by atoms with Crippen LogP contribution < -0.4 is 10.1 Å². The zero-order valence-corrected chi connectivity index (χ0v) is 23.8. The first kappa shape index (κ1) is 27.0. The van der Waals surface area contributed by atoms with Gasteiger partial charge in [0.15, 0.2) is 0 Å². The molecule has 2 fully saturated rings. The predicted octanol–water partition coefficient (Wildman–Crippen LogP) is 6.18. The third kappa shape index (κ3) is 6.09. The first-order valence-electron chi connectivity index (χ1n) is 14.5. The highest BCUT2D eigenvalue weighted by atomic mass is 32.1. The number of hydrogen-bond donors (Lipinski definition) is 3. The van der Waals surface area contributed by atoms with E-state index < -0.39 is 0 Å². The van der Waals surface area contributed by atoms with Crippen molar-refractivity contribution < 1.29 is 14.6 Å². The highest BCUT2D eigenvalue weighted by Gasteiger charge is 2.28. The van der Waals surface area contributed by atoms with Gasteiger partial charge in [0.1, 0.15) is 11.9 Å². The molecule has 8 heteroatoms. The molecular formula is C32H38N4O3S. The number of H-pyrrole nitrogens is 1. The van der Waals surface area contributed by atoms with E-state index in [1.807, 2.05) is 49.4 Å². The molecule has 0 spiro atoms. The Hall–Kier alpha value is -3.20. The fourth-order valence-electron chi connectivity index (χ4n) is 6.28. The van der Waals surface area contributed by atoms with Crippen molar-refractivity contribution in [3.05, 3.63) is 70.4 Å². The minimum absolute atomic E-state index is 0.0413. The Labute approximate surface area is 239 Å². The SMILES string of the molecule is CC(O)CN1CCC(Oc2ccc(-c3n[nH]c4ccc(C(=O)N[C@@H](c5ccsc5)C5CCCC5)cc34)cc2)CC1. The summed E-state index contributed by atoms with van der Waals surface area (Å²) in [5, 5.41) is 25.9. The van der Waals surface area contributed by atoms with Gasteiger partial charge in [0.05, 0.1) is 23.4 Å². The zero-order valence-electron chi connectivity index (χ0n) is 23.0. The number of ether oxygens (including phenoxy) is 1. The van der Waals surface area contributed by atoms with Crippen LogP contribution in [0.3, 0.4) is 0 Å². The van der Waals surface area contributed by atoms with Crippen LogP contribution in [0.2, 0.25) is 0 Å². The maximum Gasteiger partial charge on any atom is 0.251 e. The van der Waals surface area contributed by atoms with E-state index in [4.69, 9.17) is 4.74 Å². The normalized spacial score (nSPS) is 18.6.